The molecule has 0 amide bonds. The molecule has 7 nitrogen and oxygen atoms in total. The zero-order valence-corrected chi connectivity index (χ0v) is 17.4. The molecule has 2 aromatic carbocycles. The summed E-state index contributed by atoms with van der Waals surface area (Å²) in [7, 11) is 1.40. The maximum atomic E-state index is 10.6. The molecule has 5 atom stereocenters. The van der Waals surface area contributed by atoms with Crippen molar-refractivity contribution in [3.63, 3.8) is 0 Å². The Morgan fingerprint density at radius 1 is 0.903 bits per heavy atom. The van der Waals surface area contributed by atoms with Crippen molar-refractivity contribution >= 4 is 0 Å². The summed E-state index contributed by atoms with van der Waals surface area (Å²) in [5.41, 5.74) is 4.31. The van der Waals surface area contributed by atoms with Crippen LogP contribution >= 0.6 is 0 Å². The first kappa shape index (κ1) is 20.7. The largest absolute Gasteiger partial charge is 0.486 e. The molecule has 0 radical (unpaired) electrons. The van der Waals surface area contributed by atoms with E-state index in [-0.39, 0.29) is 0 Å². The van der Waals surface area contributed by atoms with Crippen molar-refractivity contribution in [1.29, 1.82) is 0 Å². The number of rotatable bonds is 5. The minimum atomic E-state index is -1.35. The Bertz CT molecular complexity index is 940. The highest BCUT2D eigenvalue weighted by Gasteiger charge is 2.44. The van der Waals surface area contributed by atoms with E-state index in [2.05, 4.69) is 6.07 Å². The van der Waals surface area contributed by atoms with Gasteiger partial charge in [-0.25, -0.2) is 0 Å². The van der Waals surface area contributed by atoms with Crippen molar-refractivity contribution in [3.05, 3.63) is 58.7 Å². The normalized spacial score (nSPS) is 30.3. The molecule has 1 aliphatic carbocycles. The van der Waals surface area contributed by atoms with Gasteiger partial charge in [-0.3, -0.25) is 0 Å². The van der Waals surface area contributed by atoms with Crippen LogP contribution in [0.4, 0.5) is 0 Å². The minimum Gasteiger partial charge on any atom is -0.486 e. The van der Waals surface area contributed by atoms with Crippen LogP contribution in [0.5, 0.6) is 11.5 Å². The molecule has 2 fully saturated rings. The Hall–Kier alpha value is -2.16. The van der Waals surface area contributed by atoms with Gasteiger partial charge in [-0.1, -0.05) is 24.3 Å². The van der Waals surface area contributed by atoms with Crippen molar-refractivity contribution in [1.82, 2.24) is 0 Å². The smallest absolute Gasteiger partial charge is 0.186 e. The summed E-state index contributed by atoms with van der Waals surface area (Å²) >= 11 is 0. The summed E-state index contributed by atoms with van der Waals surface area (Å²) in [4.78, 5) is 0. The monoisotopic (exact) mass is 428 g/mol. The topological polar surface area (TPSA) is 97.6 Å². The van der Waals surface area contributed by atoms with Crippen LogP contribution in [0.3, 0.4) is 0 Å². The van der Waals surface area contributed by atoms with Crippen molar-refractivity contribution in [2.45, 2.75) is 55.9 Å². The predicted molar refractivity (Wildman–Crippen MR) is 111 cm³/mol. The number of methoxy groups -OCH3 is 1. The molecule has 7 heteroatoms. The van der Waals surface area contributed by atoms with Gasteiger partial charge in [-0.2, -0.15) is 0 Å². The number of hydrogen-bond donors (Lipinski definition) is 3. The van der Waals surface area contributed by atoms with Crippen LogP contribution in [0.1, 0.15) is 47.1 Å². The summed E-state index contributed by atoms with van der Waals surface area (Å²) in [6, 6.07) is 12.1. The van der Waals surface area contributed by atoms with Gasteiger partial charge >= 0.3 is 0 Å². The second-order valence-electron chi connectivity index (χ2n) is 8.52. The fraction of sp³-hybridized carbons (Fsp3) is 0.500. The number of hydrogen-bond acceptors (Lipinski definition) is 7. The molecular formula is C24H28O7. The molecule has 1 saturated carbocycles. The maximum absolute atomic E-state index is 10.6. The Kier molecular flexibility index (Phi) is 5.62. The van der Waals surface area contributed by atoms with Crippen molar-refractivity contribution in [2.24, 2.45) is 0 Å². The molecule has 2 aliphatic heterocycles. The fourth-order valence-corrected chi connectivity index (χ4v) is 4.48. The average molecular weight is 428 g/mol. The molecule has 1 saturated heterocycles. The van der Waals surface area contributed by atoms with E-state index in [9.17, 15) is 15.3 Å². The van der Waals surface area contributed by atoms with E-state index in [0.29, 0.717) is 25.6 Å². The number of fused-ring (bicyclic) bond motifs is 1. The second-order valence-corrected chi connectivity index (χ2v) is 8.52. The van der Waals surface area contributed by atoms with Crippen LogP contribution in [-0.2, 0) is 15.9 Å². The zero-order chi connectivity index (χ0) is 21.5. The molecular weight excluding hydrogens is 400 g/mol. The molecule has 0 spiro atoms. The quantitative estimate of drug-likeness (QED) is 0.671. The van der Waals surface area contributed by atoms with Gasteiger partial charge in [0.2, 0.25) is 0 Å². The Morgan fingerprint density at radius 3 is 2.42 bits per heavy atom. The predicted octanol–water partition coefficient (Wildman–Crippen LogP) is 2.05. The first-order valence-corrected chi connectivity index (χ1v) is 10.8. The summed E-state index contributed by atoms with van der Waals surface area (Å²) in [6.07, 6.45) is -2.66. The van der Waals surface area contributed by atoms with Gasteiger partial charge in [0.1, 0.15) is 37.6 Å². The molecule has 3 N–H and O–H groups in total. The molecule has 3 aliphatic rings. The summed E-state index contributed by atoms with van der Waals surface area (Å²) in [6.45, 7) is 1.11. The molecule has 2 aromatic rings. The van der Waals surface area contributed by atoms with Crippen molar-refractivity contribution in [3.8, 4) is 11.5 Å². The van der Waals surface area contributed by atoms with Gasteiger partial charge in [0.15, 0.2) is 17.8 Å². The molecule has 0 unspecified atom stereocenters. The lowest BCUT2D eigenvalue weighted by atomic mass is 9.89. The van der Waals surface area contributed by atoms with Crippen molar-refractivity contribution < 1.29 is 34.3 Å². The van der Waals surface area contributed by atoms with Crippen LogP contribution in [0.2, 0.25) is 0 Å². The summed E-state index contributed by atoms with van der Waals surface area (Å²) in [5, 5.41) is 30.9. The molecule has 2 heterocycles. The first-order chi connectivity index (χ1) is 15.0. The van der Waals surface area contributed by atoms with Gasteiger partial charge in [0.25, 0.3) is 0 Å². The second kappa shape index (κ2) is 8.41. The number of benzene rings is 2. The van der Waals surface area contributed by atoms with Gasteiger partial charge in [0, 0.05) is 7.11 Å². The third-order valence-electron chi connectivity index (χ3n) is 6.32. The van der Waals surface area contributed by atoms with E-state index >= 15 is 0 Å². The molecule has 166 valence electrons. The van der Waals surface area contributed by atoms with E-state index in [1.54, 1.807) is 0 Å². The highest BCUT2D eigenvalue weighted by atomic mass is 16.7. The highest BCUT2D eigenvalue weighted by molar-refractivity contribution is 5.47. The van der Waals surface area contributed by atoms with Crippen LogP contribution in [-0.4, -0.2) is 60.2 Å². The fourth-order valence-electron chi connectivity index (χ4n) is 4.48. The lowest BCUT2D eigenvalue weighted by Crippen LogP contribution is -2.54. The Labute approximate surface area is 181 Å². The third-order valence-corrected chi connectivity index (χ3v) is 6.32. The Morgan fingerprint density at radius 2 is 1.68 bits per heavy atom. The van der Waals surface area contributed by atoms with E-state index in [0.717, 1.165) is 28.2 Å². The van der Waals surface area contributed by atoms with Crippen LogP contribution in [0.15, 0.2) is 36.4 Å². The van der Waals surface area contributed by atoms with E-state index in [1.807, 2.05) is 30.3 Å². The molecule has 5 rings (SSSR count). The average Bonchev–Trinajstić information content (AvgIpc) is 3.63. The molecule has 0 aromatic heterocycles. The maximum Gasteiger partial charge on any atom is 0.186 e. The van der Waals surface area contributed by atoms with Gasteiger partial charge < -0.3 is 34.3 Å². The lowest BCUT2D eigenvalue weighted by molar-refractivity contribution is -0.292. The number of aliphatic hydroxyl groups is 3. The third kappa shape index (κ3) is 4.04. The van der Waals surface area contributed by atoms with Gasteiger partial charge in [-0.15, -0.1) is 0 Å². The van der Waals surface area contributed by atoms with Gasteiger partial charge in [0.05, 0.1) is 0 Å². The number of aliphatic hydroxyl groups excluding tert-OH is 3. The van der Waals surface area contributed by atoms with E-state index < -0.39 is 30.7 Å². The minimum absolute atomic E-state index is 0.547. The highest BCUT2D eigenvalue weighted by Crippen LogP contribution is 2.44. The molecule has 0 bridgehead atoms. The van der Waals surface area contributed by atoms with E-state index in [1.165, 1.54) is 25.5 Å². The standard InChI is InChI=1S/C24H28O7/c1-28-24-22(27)20(25)21(26)23(31-24)15-5-6-17(14-3-4-14)16(12-15)10-13-2-7-18-19(11-13)30-9-8-29-18/h2,5-7,11-12,14,20-27H,3-4,8-10H2,1H3/t20-,21-,22+,23+,24+/m1/s1. The number of ether oxygens (including phenoxy) is 4. The van der Waals surface area contributed by atoms with Crippen LogP contribution in [0, 0.1) is 0 Å². The molecule has 31 heavy (non-hydrogen) atoms. The Balaban J connectivity index is 1.45. The van der Waals surface area contributed by atoms with Gasteiger partial charge in [-0.05, 0) is 59.6 Å². The van der Waals surface area contributed by atoms with Crippen molar-refractivity contribution in [2.75, 3.05) is 20.3 Å². The zero-order valence-electron chi connectivity index (χ0n) is 17.4. The summed E-state index contributed by atoms with van der Waals surface area (Å²) in [5.74, 6) is 2.08. The van der Waals surface area contributed by atoms with E-state index in [4.69, 9.17) is 18.9 Å². The lowest BCUT2D eigenvalue weighted by Gasteiger charge is -2.40. The first-order valence-electron chi connectivity index (χ1n) is 10.8. The SMILES string of the molecule is CO[C@H]1O[C@@H](c2ccc(C3CC3)c(Cc3ccc4c(c3)OCCO4)c2)[C@H](O)[C@@H](O)[C@@H]1O. The van der Waals surface area contributed by atoms with Crippen LogP contribution < -0.4 is 9.47 Å². The summed E-state index contributed by atoms with van der Waals surface area (Å²) < 4.78 is 22.3. The van der Waals surface area contributed by atoms with Crippen LogP contribution in [0.25, 0.3) is 0 Å².